The summed E-state index contributed by atoms with van der Waals surface area (Å²) in [6.07, 6.45) is 4.23. The average Bonchev–Trinajstić information content (AvgIpc) is 2.49. The van der Waals surface area contributed by atoms with E-state index in [2.05, 4.69) is 95.3 Å². The molecular formula is C23H36O3Si3. The van der Waals surface area contributed by atoms with Crippen molar-refractivity contribution in [2.24, 2.45) is 0 Å². The first-order chi connectivity index (χ1) is 13.2. The lowest BCUT2D eigenvalue weighted by Crippen LogP contribution is -2.30. The van der Waals surface area contributed by atoms with Crippen molar-refractivity contribution < 1.29 is 13.3 Å². The molecule has 0 bridgehead atoms. The smallest absolute Gasteiger partial charge is 0.242 e. The SMILES string of the molecule is C[Si](C)(C)Oc1ccc(/C=C\c2cc(O[Si](C)(C)C)cc(O[Si](C)(C)C)c2)cc1. The number of hydrogen-bond donors (Lipinski definition) is 0. The van der Waals surface area contributed by atoms with Crippen LogP contribution in [0.25, 0.3) is 12.2 Å². The summed E-state index contributed by atoms with van der Waals surface area (Å²) in [4.78, 5) is 0. The fraction of sp³-hybridized carbons (Fsp3) is 0.391. The Bertz CT molecular complexity index is 805. The van der Waals surface area contributed by atoms with Crippen molar-refractivity contribution in [3.05, 3.63) is 53.6 Å². The predicted molar refractivity (Wildman–Crippen MR) is 134 cm³/mol. The molecule has 6 heteroatoms. The van der Waals surface area contributed by atoms with Gasteiger partial charge in [0.2, 0.25) is 25.0 Å². The van der Waals surface area contributed by atoms with Crippen LogP contribution in [0.1, 0.15) is 11.1 Å². The average molecular weight is 445 g/mol. The quantitative estimate of drug-likeness (QED) is 0.311. The Morgan fingerprint density at radius 2 is 0.862 bits per heavy atom. The Kier molecular flexibility index (Phi) is 7.24. The molecule has 2 aromatic carbocycles. The molecule has 29 heavy (non-hydrogen) atoms. The lowest BCUT2D eigenvalue weighted by atomic mass is 10.1. The Hall–Kier alpha value is -1.77. The van der Waals surface area contributed by atoms with Gasteiger partial charge in [-0.3, -0.25) is 0 Å². The molecule has 2 rings (SSSR count). The summed E-state index contributed by atoms with van der Waals surface area (Å²) in [5.41, 5.74) is 2.22. The van der Waals surface area contributed by atoms with E-state index in [0.29, 0.717) is 0 Å². The number of rotatable bonds is 8. The highest BCUT2D eigenvalue weighted by Gasteiger charge is 2.20. The first-order valence-corrected chi connectivity index (χ1v) is 20.4. The maximum atomic E-state index is 6.24. The highest BCUT2D eigenvalue weighted by atomic mass is 28.4. The molecule has 2 aromatic rings. The van der Waals surface area contributed by atoms with Gasteiger partial charge in [-0.25, -0.2) is 0 Å². The van der Waals surface area contributed by atoms with Gasteiger partial charge in [-0.15, -0.1) is 0 Å². The van der Waals surface area contributed by atoms with E-state index in [1.807, 2.05) is 18.2 Å². The zero-order chi connectivity index (χ0) is 21.9. The van der Waals surface area contributed by atoms with Crippen LogP contribution in [-0.4, -0.2) is 25.0 Å². The van der Waals surface area contributed by atoms with Gasteiger partial charge in [0.05, 0.1) is 0 Å². The van der Waals surface area contributed by atoms with Crippen LogP contribution >= 0.6 is 0 Å². The molecule has 0 aliphatic rings. The van der Waals surface area contributed by atoms with Gasteiger partial charge in [-0.2, -0.15) is 0 Å². The summed E-state index contributed by atoms with van der Waals surface area (Å²) in [7, 11) is -4.97. The molecule has 0 fully saturated rings. The van der Waals surface area contributed by atoms with Crippen molar-refractivity contribution in [1.82, 2.24) is 0 Å². The van der Waals surface area contributed by atoms with Gasteiger partial charge in [0.25, 0.3) is 0 Å². The number of benzene rings is 2. The van der Waals surface area contributed by atoms with Gasteiger partial charge in [-0.1, -0.05) is 24.3 Å². The molecule has 0 aliphatic heterocycles. The summed E-state index contributed by atoms with van der Waals surface area (Å²) in [5.74, 6) is 2.72. The van der Waals surface area contributed by atoms with E-state index in [0.717, 1.165) is 28.4 Å². The molecule has 0 amide bonds. The van der Waals surface area contributed by atoms with Crippen LogP contribution in [0.3, 0.4) is 0 Å². The fourth-order valence-corrected chi connectivity index (χ4v) is 5.20. The Morgan fingerprint density at radius 1 is 0.483 bits per heavy atom. The first kappa shape index (κ1) is 23.5. The first-order valence-electron chi connectivity index (χ1n) is 10.2. The van der Waals surface area contributed by atoms with Crippen molar-refractivity contribution in [3.63, 3.8) is 0 Å². The molecule has 0 saturated heterocycles. The van der Waals surface area contributed by atoms with Gasteiger partial charge in [0.15, 0.2) is 0 Å². The van der Waals surface area contributed by atoms with Crippen molar-refractivity contribution in [2.45, 2.75) is 58.9 Å². The predicted octanol–water partition coefficient (Wildman–Crippen LogP) is 7.50. The van der Waals surface area contributed by atoms with E-state index in [1.165, 1.54) is 0 Å². The summed E-state index contributed by atoms with van der Waals surface area (Å²) >= 11 is 0. The monoisotopic (exact) mass is 444 g/mol. The van der Waals surface area contributed by atoms with E-state index >= 15 is 0 Å². The maximum absolute atomic E-state index is 6.24. The summed E-state index contributed by atoms with van der Waals surface area (Å²) in [5, 5.41) is 0. The van der Waals surface area contributed by atoms with E-state index < -0.39 is 25.0 Å². The normalized spacial score (nSPS) is 12.9. The fourth-order valence-electron chi connectivity index (χ4n) is 2.71. The Labute approximate surface area is 180 Å². The van der Waals surface area contributed by atoms with E-state index in [1.54, 1.807) is 0 Å². The van der Waals surface area contributed by atoms with Crippen LogP contribution in [0.4, 0.5) is 0 Å². The van der Waals surface area contributed by atoms with E-state index in [4.69, 9.17) is 13.3 Å². The van der Waals surface area contributed by atoms with Crippen LogP contribution in [0.5, 0.6) is 17.2 Å². The van der Waals surface area contributed by atoms with Crippen LogP contribution in [0, 0.1) is 0 Å². The van der Waals surface area contributed by atoms with Crippen molar-refractivity contribution in [3.8, 4) is 17.2 Å². The maximum Gasteiger partial charge on any atom is 0.242 e. The largest absolute Gasteiger partial charge is 0.544 e. The third-order valence-corrected chi connectivity index (χ3v) is 6.07. The minimum Gasteiger partial charge on any atom is -0.544 e. The van der Waals surface area contributed by atoms with E-state index in [9.17, 15) is 0 Å². The van der Waals surface area contributed by atoms with E-state index in [-0.39, 0.29) is 0 Å². The molecule has 3 nitrogen and oxygen atoms in total. The van der Waals surface area contributed by atoms with Crippen molar-refractivity contribution in [1.29, 1.82) is 0 Å². The number of hydrogen-bond acceptors (Lipinski definition) is 3. The second-order valence-electron chi connectivity index (χ2n) is 10.3. The summed E-state index contributed by atoms with van der Waals surface area (Å²) in [6, 6.07) is 14.5. The lowest BCUT2D eigenvalue weighted by Gasteiger charge is -2.23. The van der Waals surface area contributed by atoms with Crippen LogP contribution in [-0.2, 0) is 0 Å². The van der Waals surface area contributed by atoms with Gasteiger partial charge in [-0.05, 0) is 94.3 Å². The topological polar surface area (TPSA) is 27.7 Å². The molecule has 0 N–H and O–H groups in total. The third kappa shape index (κ3) is 9.52. The lowest BCUT2D eigenvalue weighted by molar-refractivity contribution is 0.533. The standard InChI is InChI=1S/C23H36O3Si3/c1-27(2,3)24-21-14-12-19(13-15-21)10-11-20-16-22(25-28(4,5)6)18-23(17-20)26-29(7,8)9/h10-18H,1-9H3/b11-10-. The van der Waals surface area contributed by atoms with Crippen LogP contribution in [0.15, 0.2) is 42.5 Å². The second-order valence-corrected chi connectivity index (χ2v) is 23.6. The van der Waals surface area contributed by atoms with Gasteiger partial charge < -0.3 is 13.3 Å². The van der Waals surface area contributed by atoms with Crippen molar-refractivity contribution in [2.75, 3.05) is 0 Å². The van der Waals surface area contributed by atoms with Gasteiger partial charge >= 0.3 is 0 Å². The molecule has 0 heterocycles. The molecule has 0 saturated carbocycles. The molecule has 0 aromatic heterocycles. The Morgan fingerprint density at radius 3 is 1.28 bits per heavy atom. The van der Waals surface area contributed by atoms with Crippen molar-refractivity contribution >= 4 is 37.1 Å². The second kappa shape index (κ2) is 8.93. The van der Waals surface area contributed by atoms with Gasteiger partial charge in [0, 0.05) is 6.07 Å². The molecule has 0 atom stereocenters. The summed E-state index contributed by atoms with van der Waals surface area (Å²) in [6.45, 7) is 19.7. The van der Waals surface area contributed by atoms with Gasteiger partial charge in [0.1, 0.15) is 17.2 Å². The zero-order valence-electron chi connectivity index (χ0n) is 19.4. The molecule has 0 radical (unpaired) electrons. The molecule has 0 spiro atoms. The highest BCUT2D eigenvalue weighted by molar-refractivity contribution is 6.71. The molecular weight excluding hydrogens is 409 g/mol. The van der Waals surface area contributed by atoms with Crippen LogP contribution < -0.4 is 13.3 Å². The Balaban J connectivity index is 2.25. The molecule has 158 valence electrons. The minimum atomic E-state index is -1.69. The molecule has 0 unspecified atom stereocenters. The highest BCUT2D eigenvalue weighted by Crippen LogP contribution is 2.28. The molecule has 0 aliphatic carbocycles. The summed E-state index contributed by atoms with van der Waals surface area (Å²) < 4.78 is 18.5. The zero-order valence-corrected chi connectivity index (χ0v) is 22.4. The third-order valence-electron chi connectivity index (χ3n) is 3.52. The van der Waals surface area contributed by atoms with Crippen LogP contribution in [0.2, 0.25) is 58.9 Å². The minimum absolute atomic E-state index is 0.887.